The van der Waals surface area contributed by atoms with Crippen molar-refractivity contribution in [3.63, 3.8) is 0 Å². The van der Waals surface area contributed by atoms with E-state index in [2.05, 4.69) is 10.6 Å². The summed E-state index contributed by atoms with van der Waals surface area (Å²) in [5.74, 6) is 0.837. The molecule has 0 heterocycles. The molecule has 0 aliphatic rings. The highest BCUT2D eigenvalue weighted by molar-refractivity contribution is 5.98. The van der Waals surface area contributed by atoms with Gasteiger partial charge in [0.2, 0.25) is 11.7 Å². The molecule has 0 radical (unpaired) electrons. The third-order valence-corrected chi connectivity index (χ3v) is 5.03. The SMILES string of the molecule is COc1cccc(OC)c1OCC(O)CNC(=O)C(CC(C)C)NC(=O)c1ccccc1C. The molecule has 3 N–H and O–H groups in total. The Bertz CT molecular complexity index is 909. The molecule has 0 fully saturated rings. The minimum Gasteiger partial charge on any atom is -0.493 e. The van der Waals surface area contributed by atoms with Gasteiger partial charge in [-0.1, -0.05) is 38.1 Å². The zero-order valence-corrected chi connectivity index (χ0v) is 19.9. The Kier molecular flexibility index (Phi) is 10.00. The fourth-order valence-electron chi connectivity index (χ4n) is 3.31. The van der Waals surface area contributed by atoms with Crippen molar-refractivity contribution >= 4 is 11.8 Å². The zero-order chi connectivity index (χ0) is 24.4. The number of aliphatic hydroxyl groups excluding tert-OH is 1. The maximum Gasteiger partial charge on any atom is 0.252 e. The molecule has 2 unspecified atom stereocenters. The Morgan fingerprint density at radius 1 is 1.00 bits per heavy atom. The van der Waals surface area contributed by atoms with Gasteiger partial charge in [0.25, 0.3) is 5.91 Å². The third kappa shape index (κ3) is 7.68. The number of aryl methyl sites for hydroxylation is 1. The predicted octanol–water partition coefficient (Wildman–Crippen LogP) is 2.71. The lowest BCUT2D eigenvalue weighted by molar-refractivity contribution is -0.123. The Balaban J connectivity index is 1.95. The summed E-state index contributed by atoms with van der Waals surface area (Å²) in [6, 6.07) is 11.7. The first kappa shape index (κ1) is 26.0. The summed E-state index contributed by atoms with van der Waals surface area (Å²) in [6.45, 7) is 5.68. The Morgan fingerprint density at radius 3 is 2.21 bits per heavy atom. The van der Waals surface area contributed by atoms with Gasteiger partial charge in [-0.3, -0.25) is 9.59 Å². The van der Waals surface area contributed by atoms with E-state index in [1.54, 1.807) is 30.3 Å². The van der Waals surface area contributed by atoms with Gasteiger partial charge in [-0.15, -0.1) is 0 Å². The second kappa shape index (κ2) is 12.7. The molecule has 0 spiro atoms. The van der Waals surface area contributed by atoms with Gasteiger partial charge < -0.3 is 30.0 Å². The molecule has 8 nitrogen and oxygen atoms in total. The molecule has 0 aromatic heterocycles. The zero-order valence-electron chi connectivity index (χ0n) is 19.9. The van der Waals surface area contributed by atoms with Crippen LogP contribution >= 0.6 is 0 Å². The van der Waals surface area contributed by atoms with Crippen LogP contribution in [0.4, 0.5) is 0 Å². The minimum atomic E-state index is -0.977. The summed E-state index contributed by atoms with van der Waals surface area (Å²) in [5, 5.41) is 15.9. The van der Waals surface area contributed by atoms with Crippen molar-refractivity contribution in [3.05, 3.63) is 53.6 Å². The predicted molar refractivity (Wildman–Crippen MR) is 126 cm³/mol. The number of aliphatic hydroxyl groups is 1. The van der Waals surface area contributed by atoms with E-state index >= 15 is 0 Å². The molecule has 2 rings (SSSR count). The number of carbonyl (C=O) groups is 2. The topological polar surface area (TPSA) is 106 Å². The molecule has 2 atom stereocenters. The van der Waals surface area contributed by atoms with Crippen LogP contribution in [-0.2, 0) is 4.79 Å². The molecule has 2 aromatic carbocycles. The second-order valence-corrected chi connectivity index (χ2v) is 8.17. The molecule has 0 aliphatic heterocycles. The summed E-state index contributed by atoms with van der Waals surface area (Å²) in [6.07, 6.45) is -0.510. The standard InChI is InChI=1S/C25H34N2O6/c1-16(2)13-20(27-24(29)19-10-7-6-9-17(19)3)25(30)26-14-18(28)15-33-23-21(31-4)11-8-12-22(23)32-5/h6-12,16,18,20,28H,13-15H2,1-5H3,(H,26,30)(H,27,29). The Labute approximate surface area is 195 Å². The van der Waals surface area contributed by atoms with Crippen LogP contribution in [0.15, 0.2) is 42.5 Å². The number of carbonyl (C=O) groups excluding carboxylic acids is 2. The lowest BCUT2D eigenvalue weighted by Gasteiger charge is -2.22. The van der Waals surface area contributed by atoms with Crippen LogP contribution < -0.4 is 24.8 Å². The van der Waals surface area contributed by atoms with E-state index in [0.717, 1.165) is 5.56 Å². The van der Waals surface area contributed by atoms with Crippen molar-refractivity contribution in [2.24, 2.45) is 5.92 Å². The highest BCUT2D eigenvalue weighted by Crippen LogP contribution is 2.36. The van der Waals surface area contributed by atoms with Gasteiger partial charge in [0, 0.05) is 12.1 Å². The summed E-state index contributed by atoms with van der Waals surface area (Å²) in [4.78, 5) is 25.5. The number of hydrogen-bond acceptors (Lipinski definition) is 6. The molecular weight excluding hydrogens is 424 g/mol. The van der Waals surface area contributed by atoms with Gasteiger partial charge in [-0.2, -0.15) is 0 Å². The maximum absolute atomic E-state index is 12.8. The van der Waals surface area contributed by atoms with E-state index in [9.17, 15) is 14.7 Å². The van der Waals surface area contributed by atoms with Crippen LogP contribution in [-0.4, -0.2) is 56.4 Å². The van der Waals surface area contributed by atoms with Crippen LogP contribution in [0.2, 0.25) is 0 Å². The molecule has 8 heteroatoms. The number of rotatable bonds is 12. The molecule has 0 aliphatic carbocycles. The fraction of sp³-hybridized carbons (Fsp3) is 0.440. The monoisotopic (exact) mass is 458 g/mol. The first-order chi connectivity index (χ1) is 15.8. The van der Waals surface area contributed by atoms with Crippen molar-refractivity contribution in [2.45, 2.75) is 39.3 Å². The fourth-order valence-corrected chi connectivity index (χ4v) is 3.31. The summed E-state index contributed by atoms with van der Waals surface area (Å²) >= 11 is 0. The van der Waals surface area contributed by atoms with Gasteiger partial charge in [0.1, 0.15) is 18.8 Å². The average Bonchev–Trinajstić information content (AvgIpc) is 2.80. The van der Waals surface area contributed by atoms with E-state index in [1.807, 2.05) is 32.9 Å². The summed E-state index contributed by atoms with van der Waals surface area (Å²) < 4.78 is 16.2. The summed E-state index contributed by atoms with van der Waals surface area (Å²) in [7, 11) is 3.02. The van der Waals surface area contributed by atoms with E-state index in [-0.39, 0.29) is 30.9 Å². The molecule has 180 valence electrons. The number of ether oxygens (including phenoxy) is 3. The summed E-state index contributed by atoms with van der Waals surface area (Å²) in [5.41, 5.74) is 1.36. The van der Waals surface area contributed by atoms with Gasteiger partial charge in [-0.25, -0.2) is 0 Å². The third-order valence-electron chi connectivity index (χ3n) is 5.03. The van der Waals surface area contributed by atoms with Gasteiger partial charge in [-0.05, 0) is 43.0 Å². The minimum absolute atomic E-state index is 0.0366. The number of para-hydroxylation sites is 1. The second-order valence-electron chi connectivity index (χ2n) is 8.17. The van der Waals surface area contributed by atoms with Gasteiger partial charge in [0.15, 0.2) is 11.5 Å². The van der Waals surface area contributed by atoms with Crippen molar-refractivity contribution in [1.29, 1.82) is 0 Å². The molecule has 33 heavy (non-hydrogen) atoms. The van der Waals surface area contributed by atoms with Crippen LogP contribution in [0.25, 0.3) is 0 Å². The molecule has 0 saturated carbocycles. The lowest BCUT2D eigenvalue weighted by atomic mass is 10.0. The average molecular weight is 459 g/mol. The van der Waals surface area contributed by atoms with E-state index in [0.29, 0.717) is 29.2 Å². The van der Waals surface area contributed by atoms with Crippen molar-refractivity contribution in [1.82, 2.24) is 10.6 Å². The van der Waals surface area contributed by atoms with Crippen LogP contribution in [0.3, 0.4) is 0 Å². The number of nitrogens with one attached hydrogen (secondary N) is 2. The van der Waals surface area contributed by atoms with E-state index in [1.165, 1.54) is 14.2 Å². The lowest BCUT2D eigenvalue weighted by Crippen LogP contribution is -2.49. The molecular formula is C25H34N2O6. The Morgan fingerprint density at radius 2 is 1.64 bits per heavy atom. The highest BCUT2D eigenvalue weighted by Gasteiger charge is 2.24. The number of methoxy groups -OCH3 is 2. The molecule has 0 bridgehead atoms. The van der Waals surface area contributed by atoms with Crippen molar-refractivity contribution in [2.75, 3.05) is 27.4 Å². The maximum atomic E-state index is 12.8. The van der Waals surface area contributed by atoms with Crippen LogP contribution in [0.1, 0.15) is 36.2 Å². The van der Waals surface area contributed by atoms with Gasteiger partial charge >= 0.3 is 0 Å². The largest absolute Gasteiger partial charge is 0.493 e. The normalized spacial score (nSPS) is 12.6. The molecule has 2 amide bonds. The number of amides is 2. The number of benzene rings is 2. The first-order valence-electron chi connectivity index (χ1n) is 10.9. The first-order valence-corrected chi connectivity index (χ1v) is 10.9. The molecule has 2 aromatic rings. The van der Waals surface area contributed by atoms with Crippen molar-refractivity contribution in [3.8, 4) is 17.2 Å². The quantitative estimate of drug-likeness (QED) is 0.452. The van der Waals surface area contributed by atoms with E-state index < -0.39 is 12.1 Å². The van der Waals surface area contributed by atoms with Crippen LogP contribution in [0.5, 0.6) is 17.2 Å². The molecule has 0 saturated heterocycles. The Hall–Kier alpha value is -3.26. The van der Waals surface area contributed by atoms with Crippen LogP contribution in [0, 0.1) is 12.8 Å². The highest BCUT2D eigenvalue weighted by atomic mass is 16.5. The van der Waals surface area contributed by atoms with Crippen molar-refractivity contribution < 1.29 is 28.9 Å². The van der Waals surface area contributed by atoms with Gasteiger partial charge in [0.05, 0.1) is 14.2 Å². The smallest absolute Gasteiger partial charge is 0.252 e. The number of hydrogen-bond donors (Lipinski definition) is 3. The van der Waals surface area contributed by atoms with E-state index in [4.69, 9.17) is 14.2 Å².